The average Bonchev–Trinajstić information content (AvgIpc) is 2.46. The Labute approximate surface area is 119 Å². The number of hydrogen-bond donors (Lipinski definition) is 1. The summed E-state index contributed by atoms with van der Waals surface area (Å²) in [4.78, 5) is 2.65. The first-order valence-corrected chi connectivity index (χ1v) is 8.35. The zero-order valence-corrected chi connectivity index (χ0v) is 12.8. The minimum absolute atomic E-state index is 0.747. The van der Waals surface area contributed by atoms with Crippen LogP contribution >= 0.6 is 0 Å². The molecule has 1 saturated heterocycles. The van der Waals surface area contributed by atoms with E-state index in [1.165, 1.54) is 64.6 Å². The number of nitrogens with one attached hydrogen (secondary N) is 1. The van der Waals surface area contributed by atoms with Gasteiger partial charge in [0.1, 0.15) is 0 Å². The van der Waals surface area contributed by atoms with E-state index in [4.69, 9.17) is 4.74 Å². The van der Waals surface area contributed by atoms with E-state index in [9.17, 15) is 0 Å². The third-order valence-corrected chi connectivity index (χ3v) is 5.06. The van der Waals surface area contributed by atoms with Crippen molar-refractivity contribution in [2.45, 2.75) is 51.9 Å². The third-order valence-electron chi connectivity index (χ3n) is 5.06. The van der Waals surface area contributed by atoms with Crippen molar-refractivity contribution >= 4 is 0 Å². The van der Waals surface area contributed by atoms with Gasteiger partial charge in [0.05, 0.1) is 6.61 Å². The molecule has 112 valence electrons. The molecule has 1 spiro atoms. The molecule has 2 aliphatic rings. The molecule has 1 N–H and O–H groups in total. The first-order chi connectivity index (χ1) is 9.35. The van der Waals surface area contributed by atoms with E-state index in [2.05, 4.69) is 17.1 Å². The van der Waals surface area contributed by atoms with E-state index < -0.39 is 0 Å². The highest BCUT2D eigenvalue weighted by Crippen LogP contribution is 2.44. The van der Waals surface area contributed by atoms with E-state index in [1.54, 1.807) is 0 Å². The molecule has 0 aromatic carbocycles. The molecule has 0 radical (unpaired) electrons. The predicted octanol–water partition coefficient (Wildman–Crippen LogP) is 2.66. The highest BCUT2D eigenvalue weighted by molar-refractivity contribution is 4.88. The fourth-order valence-electron chi connectivity index (χ4n) is 3.70. The smallest absolute Gasteiger partial charge is 0.0590 e. The van der Waals surface area contributed by atoms with Gasteiger partial charge in [0, 0.05) is 26.2 Å². The molecule has 0 unspecified atom stereocenters. The quantitative estimate of drug-likeness (QED) is 0.719. The molecular formula is C16H32N2O. The molecule has 3 nitrogen and oxygen atoms in total. The molecule has 2 fully saturated rings. The van der Waals surface area contributed by atoms with Gasteiger partial charge >= 0.3 is 0 Å². The molecule has 0 atom stereocenters. The summed E-state index contributed by atoms with van der Waals surface area (Å²) in [5, 5.41) is 3.47. The minimum Gasteiger partial charge on any atom is -0.380 e. The van der Waals surface area contributed by atoms with Gasteiger partial charge in [-0.05, 0) is 51.1 Å². The lowest BCUT2D eigenvalue weighted by Crippen LogP contribution is -2.43. The van der Waals surface area contributed by atoms with Crippen molar-refractivity contribution in [3.05, 3.63) is 0 Å². The van der Waals surface area contributed by atoms with Gasteiger partial charge in [0.15, 0.2) is 0 Å². The van der Waals surface area contributed by atoms with Crippen molar-refractivity contribution in [3.8, 4) is 0 Å². The Balaban J connectivity index is 1.53. The second-order valence-corrected chi connectivity index (χ2v) is 6.35. The number of nitrogens with zero attached hydrogens (tertiary/aromatic N) is 1. The summed E-state index contributed by atoms with van der Waals surface area (Å²) in [6.45, 7) is 9.69. The van der Waals surface area contributed by atoms with Gasteiger partial charge in [-0.1, -0.05) is 19.3 Å². The first-order valence-electron chi connectivity index (χ1n) is 8.35. The topological polar surface area (TPSA) is 24.5 Å². The Morgan fingerprint density at radius 1 is 1.00 bits per heavy atom. The van der Waals surface area contributed by atoms with Crippen LogP contribution in [0.5, 0.6) is 0 Å². The lowest BCUT2D eigenvalue weighted by Gasteiger charge is -2.44. The second-order valence-electron chi connectivity index (χ2n) is 6.35. The number of piperidine rings is 1. The summed E-state index contributed by atoms with van der Waals surface area (Å²) >= 11 is 0. The van der Waals surface area contributed by atoms with Crippen LogP contribution in [0.4, 0.5) is 0 Å². The van der Waals surface area contributed by atoms with Crippen LogP contribution in [0.1, 0.15) is 51.9 Å². The molecule has 19 heavy (non-hydrogen) atoms. The van der Waals surface area contributed by atoms with Gasteiger partial charge in [0.2, 0.25) is 0 Å². The monoisotopic (exact) mass is 268 g/mol. The molecule has 1 heterocycles. The lowest BCUT2D eigenvalue weighted by atomic mass is 9.68. The van der Waals surface area contributed by atoms with Gasteiger partial charge in [-0.15, -0.1) is 0 Å². The third kappa shape index (κ3) is 5.05. The summed E-state index contributed by atoms with van der Waals surface area (Å²) in [6.07, 6.45) is 10.4. The fraction of sp³-hybridized carbons (Fsp3) is 1.00. The zero-order valence-electron chi connectivity index (χ0n) is 12.8. The average molecular weight is 268 g/mol. The normalized spacial score (nSPS) is 23.8. The molecular weight excluding hydrogens is 236 g/mol. The van der Waals surface area contributed by atoms with Crippen LogP contribution in [-0.4, -0.2) is 50.8 Å². The van der Waals surface area contributed by atoms with Gasteiger partial charge in [0.25, 0.3) is 0 Å². The van der Waals surface area contributed by atoms with Crippen LogP contribution in [0.3, 0.4) is 0 Å². The largest absolute Gasteiger partial charge is 0.380 e. The van der Waals surface area contributed by atoms with Crippen LogP contribution in [0, 0.1) is 5.41 Å². The summed E-state index contributed by atoms with van der Waals surface area (Å²) in [5.74, 6) is 0. The van der Waals surface area contributed by atoms with E-state index in [-0.39, 0.29) is 0 Å². The number of ether oxygens (including phenoxy) is 1. The van der Waals surface area contributed by atoms with Crippen molar-refractivity contribution in [2.75, 3.05) is 45.9 Å². The van der Waals surface area contributed by atoms with Crippen molar-refractivity contribution in [1.29, 1.82) is 0 Å². The molecule has 1 saturated carbocycles. The molecule has 2 rings (SSSR count). The lowest BCUT2D eigenvalue weighted by molar-refractivity contribution is 0.0679. The Hall–Kier alpha value is -0.120. The van der Waals surface area contributed by atoms with Gasteiger partial charge < -0.3 is 15.0 Å². The second kappa shape index (κ2) is 8.23. The molecule has 0 aromatic heterocycles. The highest BCUT2D eigenvalue weighted by atomic mass is 16.5. The molecule has 0 aromatic rings. The zero-order chi connectivity index (χ0) is 13.4. The minimum atomic E-state index is 0.747. The van der Waals surface area contributed by atoms with E-state index >= 15 is 0 Å². The SMILES string of the molecule is CCOCCNCCN1CCC2(CCCCC2)CC1. The molecule has 1 aliphatic heterocycles. The van der Waals surface area contributed by atoms with Crippen LogP contribution in [-0.2, 0) is 4.74 Å². The highest BCUT2D eigenvalue weighted by Gasteiger charge is 2.35. The van der Waals surface area contributed by atoms with Crippen molar-refractivity contribution < 1.29 is 4.74 Å². The van der Waals surface area contributed by atoms with Crippen LogP contribution in [0.2, 0.25) is 0 Å². The Morgan fingerprint density at radius 3 is 2.42 bits per heavy atom. The summed E-state index contributed by atoms with van der Waals surface area (Å²) in [7, 11) is 0. The Kier molecular flexibility index (Phi) is 6.62. The maximum atomic E-state index is 5.32. The van der Waals surface area contributed by atoms with Crippen molar-refractivity contribution in [2.24, 2.45) is 5.41 Å². The van der Waals surface area contributed by atoms with E-state index in [0.29, 0.717) is 0 Å². The van der Waals surface area contributed by atoms with E-state index in [1.807, 2.05) is 0 Å². The Bertz CT molecular complexity index is 229. The molecule has 0 amide bonds. The maximum Gasteiger partial charge on any atom is 0.0590 e. The molecule has 0 bridgehead atoms. The summed E-state index contributed by atoms with van der Waals surface area (Å²) in [5.41, 5.74) is 0.747. The van der Waals surface area contributed by atoms with Gasteiger partial charge in [-0.3, -0.25) is 0 Å². The van der Waals surface area contributed by atoms with Gasteiger partial charge in [-0.2, -0.15) is 0 Å². The number of likely N-dealkylation sites (tertiary alicyclic amines) is 1. The number of hydrogen-bond acceptors (Lipinski definition) is 3. The standard InChI is InChI=1S/C16H32N2O/c1-2-19-15-11-17-10-14-18-12-8-16(9-13-18)6-4-3-5-7-16/h17H,2-15H2,1H3. The molecule has 1 aliphatic carbocycles. The van der Waals surface area contributed by atoms with Crippen molar-refractivity contribution in [1.82, 2.24) is 10.2 Å². The maximum absolute atomic E-state index is 5.32. The Morgan fingerprint density at radius 2 is 1.74 bits per heavy atom. The summed E-state index contributed by atoms with van der Waals surface area (Å²) < 4.78 is 5.32. The van der Waals surface area contributed by atoms with E-state index in [0.717, 1.165) is 31.7 Å². The van der Waals surface area contributed by atoms with Crippen LogP contribution in [0.25, 0.3) is 0 Å². The van der Waals surface area contributed by atoms with Crippen molar-refractivity contribution in [3.63, 3.8) is 0 Å². The summed E-state index contributed by atoms with van der Waals surface area (Å²) in [6, 6.07) is 0. The van der Waals surface area contributed by atoms with Gasteiger partial charge in [-0.25, -0.2) is 0 Å². The first kappa shape index (κ1) is 15.3. The molecule has 3 heteroatoms. The number of rotatable bonds is 7. The predicted molar refractivity (Wildman–Crippen MR) is 80.6 cm³/mol. The van der Waals surface area contributed by atoms with Crippen LogP contribution in [0.15, 0.2) is 0 Å². The van der Waals surface area contributed by atoms with Crippen LogP contribution < -0.4 is 5.32 Å². The fourth-order valence-corrected chi connectivity index (χ4v) is 3.70.